The van der Waals surface area contributed by atoms with Gasteiger partial charge in [-0.1, -0.05) is 19.0 Å². The summed E-state index contributed by atoms with van der Waals surface area (Å²) in [5.41, 5.74) is 8.05. The SMILES string of the molecule is CCCC(=O)OC(=O)CC(C)N=[N+]=[N-]. The van der Waals surface area contributed by atoms with Gasteiger partial charge >= 0.3 is 11.9 Å². The average molecular weight is 199 g/mol. The lowest BCUT2D eigenvalue weighted by atomic mass is 10.2. The molecule has 6 heteroatoms. The maximum absolute atomic E-state index is 11.0. The molecule has 14 heavy (non-hydrogen) atoms. The van der Waals surface area contributed by atoms with Gasteiger partial charge in [-0.2, -0.15) is 0 Å². The Morgan fingerprint density at radius 1 is 1.50 bits per heavy atom. The number of azide groups is 1. The van der Waals surface area contributed by atoms with Crippen molar-refractivity contribution in [1.29, 1.82) is 0 Å². The second kappa shape index (κ2) is 6.91. The predicted octanol–water partition coefficient (Wildman–Crippen LogP) is 1.95. The lowest BCUT2D eigenvalue weighted by Crippen LogP contribution is -2.15. The lowest BCUT2D eigenvalue weighted by Gasteiger charge is -2.03. The molecule has 0 fully saturated rings. The van der Waals surface area contributed by atoms with Crippen molar-refractivity contribution in [3.05, 3.63) is 10.4 Å². The summed E-state index contributed by atoms with van der Waals surface area (Å²) in [5.74, 6) is -1.19. The van der Waals surface area contributed by atoms with Gasteiger partial charge in [-0.05, 0) is 12.0 Å². The van der Waals surface area contributed by atoms with Gasteiger partial charge in [0.2, 0.25) is 0 Å². The second-order valence-electron chi connectivity index (χ2n) is 2.85. The van der Waals surface area contributed by atoms with Crippen LogP contribution < -0.4 is 0 Å². The summed E-state index contributed by atoms with van der Waals surface area (Å²) in [7, 11) is 0. The molecule has 0 aromatic heterocycles. The highest BCUT2D eigenvalue weighted by atomic mass is 16.6. The molecule has 1 unspecified atom stereocenters. The third kappa shape index (κ3) is 6.02. The van der Waals surface area contributed by atoms with Gasteiger partial charge in [0.1, 0.15) is 0 Å². The molecule has 0 aromatic carbocycles. The minimum Gasteiger partial charge on any atom is -0.393 e. The number of carbonyl (C=O) groups is 2. The van der Waals surface area contributed by atoms with Crippen molar-refractivity contribution in [3.8, 4) is 0 Å². The van der Waals surface area contributed by atoms with E-state index >= 15 is 0 Å². The Kier molecular flexibility index (Phi) is 6.15. The van der Waals surface area contributed by atoms with Crippen molar-refractivity contribution in [2.75, 3.05) is 0 Å². The van der Waals surface area contributed by atoms with Gasteiger partial charge in [0.05, 0.1) is 6.42 Å². The van der Waals surface area contributed by atoms with Crippen LogP contribution in [0.5, 0.6) is 0 Å². The van der Waals surface area contributed by atoms with Gasteiger partial charge in [0.25, 0.3) is 0 Å². The van der Waals surface area contributed by atoms with E-state index in [1.807, 2.05) is 6.92 Å². The first-order valence-corrected chi connectivity index (χ1v) is 4.37. The van der Waals surface area contributed by atoms with Crippen LogP contribution in [0.3, 0.4) is 0 Å². The number of hydrogen-bond acceptors (Lipinski definition) is 4. The molecule has 78 valence electrons. The van der Waals surface area contributed by atoms with E-state index in [1.165, 1.54) is 0 Å². The van der Waals surface area contributed by atoms with Gasteiger partial charge in [-0.3, -0.25) is 9.59 Å². The zero-order valence-electron chi connectivity index (χ0n) is 8.27. The quantitative estimate of drug-likeness (QED) is 0.222. The van der Waals surface area contributed by atoms with Gasteiger partial charge in [0, 0.05) is 17.4 Å². The number of ether oxygens (including phenoxy) is 1. The van der Waals surface area contributed by atoms with E-state index in [0.29, 0.717) is 6.42 Å². The summed E-state index contributed by atoms with van der Waals surface area (Å²) in [4.78, 5) is 24.4. The second-order valence-corrected chi connectivity index (χ2v) is 2.85. The molecule has 0 N–H and O–H groups in total. The van der Waals surface area contributed by atoms with E-state index in [4.69, 9.17) is 5.53 Å². The van der Waals surface area contributed by atoms with Crippen molar-refractivity contribution < 1.29 is 14.3 Å². The first-order chi connectivity index (χ1) is 6.60. The molecule has 1 atom stereocenters. The summed E-state index contributed by atoms with van der Waals surface area (Å²) in [6, 6.07) is -0.484. The van der Waals surface area contributed by atoms with Crippen molar-refractivity contribution >= 4 is 11.9 Å². The summed E-state index contributed by atoms with van der Waals surface area (Å²) >= 11 is 0. The van der Waals surface area contributed by atoms with Crippen LogP contribution in [0.25, 0.3) is 10.4 Å². The number of carbonyl (C=O) groups excluding carboxylic acids is 2. The molecular weight excluding hydrogens is 186 g/mol. The number of nitrogens with zero attached hydrogens (tertiary/aromatic N) is 3. The summed E-state index contributed by atoms with van der Waals surface area (Å²) in [6.45, 7) is 3.39. The zero-order valence-corrected chi connectivity index (χ0v) is 8.27. The van der Waals surface area contributed by atoms with Gasteiger partial charge < -0.3 is 4.74 Å². The van der Waals surface area contributed by atoms with Gasteiger partial charge in [-0.25, -0.2) is 0 Å². The molecule has 0 saturated carbocycles. The van der Waals surface area contributed by atoms with Gasteiger partial charge in [0.15, 0.2) is 0 Å². The van der Waals surface area contributed by atoms with Gasteiger partial charge in [-0.15, -0.1) is 0 Å². The molecule has 6 nitrogen and oxygen atoms in total. The van der Waals surface area contributed by atoms with Crippen LogP contribution in [0.1, 0.15) is 33.1 Å². The fourth-order valence-electron chi connectivity index (χ4n) is 0.794. The first-order valence-electron chi connectivity index (χ1n) is 4.37. The van der Waals surface area contributed by atoms with E-state index in [0.717, 1.165) is 0 Å². The molecule has 0 radical (unpaired) electrons. The molecule has 0 amide bonds. The van der Waals surface area contributed by atoms with Crippen LogP contribution in [0, 0.1) is 0 Å². The monoisotopic (exact) mass is 199 g/mol. The fourth-order valence-corrected chi connectivity index (χ4v) is 0.794. The molecule has 0 aliphatic carbocycles. The minimum absolute atomic E-state index is 0.0699. The third-order valence-electron chi connectivity index (χ3n) is 1.39. The van der Waals surface area contributed by atoms with Crippen molar-refractivity contribution in [3.63, 3.8) is 0 Å². The molecular formula is C8H13N3O3. The molecule has 0 saturated heterocycles. The minimum atomic E-state index is -0.650. The fraction of sp³-hybridized carbons (Fsp3) is 0.750. The summed E-state index contributed by atoms with van der Waals surface area (Å²) in [5, 5.41) is 3.29. The van der Waals surface area contributed by atoms with E-state index in [-0.39, 0.29) is 12.8 Å². The Hall–Kier alpha value is -1.55. The zero-order chi connectivity index (χ0) is 11.0. The maximum Gasteiger partial charge on any atom is 0.313 e. The van der Waals surface area contributed by atoms with Crippen molar-refractivity contribution in [2.24, 2.45) is 5.11 Å². The average Bonchev–Trinajstić information content (AvgIpc) is 2.03. The molecule has 0 aliphatic rings. The van der Waals surface area contributed by atoms with Crippen molar-refractivity contribution in [1.82, 2.24) is 0 Å². The predicted molar refractivity (Wildman–Crippen MR) is 49.2 cm³/mol. The van der Waals surface area contributed by atoms with E-state index in [1.54, 1.807) is 6.92 Å². The van der Waals surface area contributed by atoms with Crippen LogP contribution >= 0.6 is 0 Å². The number of esters is 2. The molecule has 0 spiro atoms. The smallest absolute Gasteiger partial charge is 0.313 e. The van der Waals surface area contributed by atoms with Crippen LogP contribution in [0.2, 0.25) is 0 Å². The molecule has 0 aromatic rings. The number of rotatable bonds is 5. The van der Waals surface area contributed by atoms with E-state index in [9.17, 15) is 9.59 Å². The topological polar surface area (TPSA) is 92.1 Å². The molecule has 0 heterocycles. The molecule has 0 bridgehead atoms. The highest BCUT2D eigenvalue weighted by Crippen LogP contribution is 2.01. The standard InChI is InChI=1S/C8H13N3O3/c1-3-4-7(12)14-8(13)5-6(2)10-11-9/h6H,3-5H2,1-2H3. The van der Waals surface area contributed by atoms with Crippen LogP contribution in [0.4, 0.5) is 0 Å². The Morgan fingerprint density at radius 3 is 2.64 bits per heavy atom. The Morgan fingerprint density at radius 2 is 2.14 bits per heavy atom. The highest BCUT2D eigenvalue weighted by Gasteiger charge is 2.12. The van der Waals surface area contributed by atoms with Crippen LogP contribution in [-0.2, 0) is 14.3 Å². The third-order valence-corrected chi connectivity index (χ3v) is 1.39. The summed E-state index contributed by atoms with van der Waals surface area (Å²) < 4.78 is 4.45. The Bertz CT molecular complexity index is 259. The Balaban J connectivity index is 3.86. The highest BCUT2D eigenvalue weighted by molar-refractivity contribution is 5.85. The lowest BCUT2D eigenvalue weighted by molar-refractivity contribution is -0.159. The van der Waals surface area contributed by atoms with E-state index < -0.39 is 18.0 Å². The summed E-state index contributed by atoms with van der Waals surface area (Å²) in [6.07, 6.45) is 0.791. The van der Waals surface area contributed by atoms with Crippen LogP contribution in [0.15, 0.2) is 5.11 Å². The first kappa shape index (κ1) is 12.4. The van der Waals surface area contributed by atoms with Crippen LogP contribution in [-0.4, -0.2) is 18.0 Å². The normalized spacial score (nSPS) is 11.3. The maximum atomic E-state index is 11.0. The molecule has 0 aliphatic heterocycles. The van der Waals surface area contributed by atoms with E-state index in [2.05, 4.69) is 14.8 Å². The largest absolute Gasteiger partial charge is 0.393 e. The number of hydrogen-bond donors (Lipinski definition) is 0. The molecule has 0 rings (SSSR count). The Labute approximate surface area is 81.9 Å². The van der Waals surface area contributed by atoms with Crippen molar-refractivity contribution in [2.45, 2.75) is 39.2 Å².